The van der Waals surface area contributed by atoms with Crippen molar-refractivity contribution in [1.82, 2.24) is 10.2 Å². The second kappa shape index (κ2) is 11.8. The molecule has 2 amide bonds. The molecule has 3 aromatic carbocycles. The number of rotatable bonds is 9. The van der Waals surface area contributed by atoms with Crippen molar-refractivity contribution >= 4 is 39.1 Å². The van der Waals surface area contributed by atoms with Crippen LogP contribution in [0.1, 0.15) is 29.2 Å². The minimum Gasteiger partial charge on any atom is -0.357 e. The highest BCUT2D eigenvalue weighted by molar-refractivity contribution is 7.92. The van der Waals surface area contributed by atoms with Crippen molar-refractivity contribution in [2.75, 3.05) is 17.9 Å². The fourth-order valence-electron chi connectivity index (χ4n) is 4.01. The molecular formula is C28H32ClN3O4S. The van der Waals surface area contributed by atoms with Gasteiger partial charge < -0.3 is 10.2 Å². The molecule has 0 bridgehead atoms. The van der Waals surface area contributed by atoms with E-state index in [1.54, 1.807) is 44.2 Å². The summed E-state index contributed by atoms with van der Waals surface area (Å²) in [6.07, 6.45) is 0. The number of halogens is 1. The summed E-state index contributed by atoms with van der Waals surface area (Å²) in [5, 5.41) is 3.04. The second-order valence-electron chi connectivity index (χ2n) is 8.99. The number of benzene rings is 3. The Bertz CT molecular complexity index is 1390. The van der Waals surface area contributed by atoms with Crippen LogP contribution in [0, 0.1) is 20.8 Å². The number of carbonyl (C=O) groups is 2. The molecule has 3 rings (SSSR count). The van der Waals surface area contributed by atoms with Crippen LogP contribution in [0.25, 0.3) is 0 Å². The predicted octanol–water partition coefficient (Wildman–Crippen LogP) is 4.62. The van der Waals surface area contributed by atoms with Gasteiger partial charge in [-0.3, -0.25) is 13.9 Å². The quantitative estimate of drug-likeness (QED) is 0.428. The zero-order valence-electron chi connectivity index (χ0n) is 21.7. The van der Waals surface area contributed by atoms with Gasteiger partial charge in [-0.2, -0.15) is 0 Å². The molecular weight excluding hydrogens is 510 g/mol. The number of nitrogens with one attached hydrogen (secondary N) is 1. The van der Waals surface area contributed by atoms with E-state index in [1.807, 2.05) is 38.1 Å². The Morgan fingerprint density at radius 2 is 1.59 bits per heavy atom. The smallest absolute Gasteiger partial charge is 0.264 e. The molecule has 0 heterocycles. The summed E-state index contributed by atoms with van der Waals surface area (Å²) in [6.45, 7) is 6.81. The molecule has 0 saturated heterocycles. The van der Waals surface area contributed by atoms with E-state index in [0.717, 1.165) is 21.0 Å². The van der Waals surface area contributed by atoms with E-state index in [1.165, 1.54) is 24.1 Å². The standard InChI is InChI=1S/C28H32ClN3O4S/c1-19-10-13-25(14-11-19)37(35,36)32(26-15-12-24(29)16-21(26)3)18-27(33)31(22(4)28(34)30-5)17-23-9-7-6-8-20(23)2/h6-16,22H,17-18H2,1-5H3,(H,30,34)/t22-/m0/s1. The minimum atomic E-state index is -4.13. The fraction of sp³-hybridized carbons (Fsp3) is 0.286. The van der Waals surface area contributed by atoms with Crippen LogP contribution in [0.5, 0.6) is 0 Å². The van der Waals surface area contributed by atoms with Crippen molar-refractivity contribution in [3.63, 3.8) is 0 Å². The van der Waals surface area contributed by atoms with Gasteiger partial charge >= 0.3 is 0 Å². The molecule has 0 aromatic heterocycles. The molecule has 0 fully saturated rings. The van der Waals surface area contributed by atoms with Gasteiger partial charge in [-0.25, -0.2) is 8.42 Å². The van der Waals surface area contributed by atoms with Crippen LogP contribution < -0.4 is 9.62 Å². The lowest BCUT2D eigenvalue weighted by atomic mass is 10.1. The summed E-state index contributed by atoms with van der Waals surface area (Å²) in [6, 6.07) is 18.0. The Kier molecular flexibility index (Phi) is 8.99. The number of nitrogens with zero attached hydrogens (tertiary/aromatic N) is 2. The number of carbonyl (C=O) groups excluding carboxylic acids is 2. The zero-order valence-corrected chi connectivity index (χ0v) is 23.2. The van der Waals surface area contributed by atoms with Crippen molar-refractivity contribution in [2.45, 2.75) is 45.2 Å². The molecule has 0 aliphatic carbocycles. The maximum atomic E-state index is 13.9. The number of anilines is 1. The van der Waals surface area contributed by atoms with Crippen molar-refractivity contribution in [1.29, 1.82) is 0 Å². The first-order chi connectivity index (χ1) is 17.4. The van der Waals surface area contributed by atoms with Gasteiger partial charge in [0.25, 0.3) is 10.0 Å². The van der Waals surface area contributed by atoms with E-state index in [-0.39, 0.29) is 17.3 Å². The van der Waals surface area contributed by atoms with Crippen molar-refractivity contribution in [3.05, 3.63) is 94.0 Å². The molecule has 0 spiro atoms. The van der Waals surface area contributed by atoms with Gasteiger partial charge in [-0.15, -0.1) is 0 Å². The average Bonchev–Trinajstić information content (AvgIpc) is 2.86. The lowest BCUT2D eigenvalue weighted by molar-refractivity contribution is -0.139. The molecule has 0 unspecified atom stereocenters. The molecule has 0 radical (unpaired) electrons. The first-order valence-corrected chi connectivity index (χ1v) is 13.7. The van der Waals surface area contributed by atoms with Gasteiger partial charge in [0.2, 0.25) is 11.8 Å². The molecule has 0 saturated carbocycles. The number of likely N-dealkylation sites (N-methyl/N-ethyl adjacent to an activating group) is 1. The number of aryl methyl sites for hydroxylation is 3. The van der Waals surface area contributed by atoms with Crippen molar-refractivity contribution < 1.29 is 18.0 Å². The van der Waals surface area contributed by atoms with E-state index in [2.05, 4.69) is 5.32 Å². The van der Waals surface area contributed by atoms with E-state index >= 15 is 0 Å². The van der Waals surface area contributed by atoms with Gasteiger partial charge in [0, 0.05) is 18.6 Å². The topological polar surface area (TPSA) is 86.8 Å². The average molecular weight is 542 g/mol. The van der Waals surface area contributed by atoms with Crippen molar-refractivity contribution in [3.8, 4) is 0 Å². The molecule has 7 nitrogen and oxygen atoms in total. The zero-order chi connectivity index (χ0) is 27.3. The fourth-order valence-corrected chi connectivity index (χ4v) is 5.72. The SMILES string of the molecule is CNC(=O)[C@H](C)N(Cc1ccccc1C)C(=O)CN(c1ccc(Cl)cc1C)S(=O)(=O)c1ccc(C)cc1. The normalized spacial score (nSPS) is 12.1. The lowest BCUT2D eigenvalue weighted by Crippen LogP contribution is -2.50. The number of amides is 2. The molecule has 3 aromatic rings. The van der Waals surface area contributed by atoms with Crippen LogP contribution in [0.4, 0.5) is 5.69 Å². The Balaban J connectivity index is 2.08. The van der Waals surface area contributed by atoms with E-state index < -0.39 is 28.5 Å². The highest BCUT2D eigenvalue weighted by Gasteiger charge is 2.33. The monoisotopic (exact) mass is 541 g/mol. The third-order valence-corrected chi connectivity index (χ3v) is 8.34. The van der Waals surface area contributed by atoms with E-state index in [0.29, 0.717) is 16.3 Å². The first kappa shape index (κ1) is 28.2. The maximum Gasteiger partial charge on any atom is 0.264 e. The molecule has 0 aliphatic rings. The highest BCUT2D eigenvalue weighted by Crippen LogP contribution is 2.29. The Hall–Kier alpha value is -3.36. The largest absolute Gasteiger partial charge is 0.357 e. The highest BCUT2D eigenvalue weighted by atomic mass is 35.5. The third kappa shape index (κ3) is 6.50. The Labute approximate surface area is 224 Å². The van der Waals surface area contributed by atoms with Gasteiger partial charge in [0.15, 0.2) is 0 Å². The molecule has 9 heteroatoms. The molecule has 196 valence electrons. The van der Waals surface area contributed by atoms with Crippen LogP contribution in [-0.2, 0) is 26.2 Å². The second-order valence-corrected chi connectivity index (χ2v) is 11.3. The first-order valence-electron chi connectivity index (χ1n) is 11.9. The van der Waals surface area contributed by atoms with Crippen molar-refractivity contribution in [2.24, 2.45) is 0 Å². The van der Waals surface area contributed by atoms with Crippen LogP contribution in [0.2, 0.25) is 5.02 Å². The van der Waals surface area contributed by atoms with E-state index in [4.69, 9.17) is 11.6 Å². The number of sulfonamides is 1. The van der Waals surface area contributed by atoms with Crippen LogP contribution >= 0.6 is 11.6 Å². The Morgan fingerprint density at radius 3 is 2.19 bits per heavy atom. The summed E-state index contributed by atoms with van der Waals surface area (Å²) < 4.78 is 28.8. The Morgan fingerprint density at radius 1 is 0.946 bits per heavy atom. The maximum absolute atomic E-state index is 13.9. The van der Waals surface area contributed by atoms with Gasteiger partial charge in [-0.05, 0) is 74.7 Å². The summed E-state index contributed by atoms with van der Waals surface area (Å²) in [4.78, 5) is 27.9. The summed E-state index contributed by atoms with van der Waals surface area (Å²) in [7, 11) is -2.62. The summed E-state index contributed by atoms with van der Waals surface area (Å²) in [5.74, 6) is -0.859. The van der Waals surface area contributed by atoms with Gasteiger partial charge in [0.05, 0.1) is 10.6 Å². The third-order valence-electron chi connectivity index (χ3n) is 6.33. The van der Waals surface area contributed by atoms with E-state index in [9.17, 15) is 18.0 Å². The predicted molar refractivity (Wildman–Crippen MR) is 147 cm³/mol. The number of hydrogen-bond donors (Lipinski definition) is 1. The van der Waals surface area contributed by atoms with Crippen LogP contribution in [0.3, 0.4) is 0 Å². The molecule has 0 aliphatic heterocycles. The van der Waals surface area contributed by atoms with Crippen LogP contribution in [0.15, 0.2) is 71.6 Å². The van der Waals surface area contributed by atoms with Gasteiger partial charge in [-0.1, -0.05) is 53.6 Å². The number of hydrogen-bond acceptors (Lipinski definition) is 4. The lowest BCUT2D eigenvalue weighted by Gasteiger charge is -2.32. The molecule has 1 atom stereocenters. The summed E-state index contributed by atoms with van der Waals surface area (Å²) >= 11 is 6.14. The van der Waals surface area contributed by atoms with Gasteiger partial charge in [0.1, 0.15) is 12.6 Å². The molecule has 37 heavy (non-hydrogen) atoms. The molecule has 1 N–H and O–H groups in total. The summed E-state index contributed by atoms with van der Waals surface area (Å²) in [5.41, 5.74) is 3.67. The van der Waals surface area contributed by atoms with Crippen LogP contribution in [-0.4, -0.2) is 44.8 Å². The minimum absolute atomic E-state index is 0.0602.